The molecule has 3 rings (SSSR count). The van der Waals surface area contributed by atoms with Crippen LogP contribution in [0, 0.1) is 11.6 Å². The van der Waals surface area contributed by atoms with Crippen LogP contribution in [0.2, 0.25) is 0 Å². The molecule has 3 nitrogen and oxygen atoms in total. The van der Waals surface area contributed by atoms with Crippen molar-refractivity contribution in [1.82, 2.24) is 0 Å². The van der Waals surface area contributed by atoms with E-state index in [1.807, 2.05) is 12.1 Å². The van der Waals surface area contributed by atoms with Crippen molar-refractivity contribution in [2.24, 2.45) is 0 Å². The van der Waals surface area contributed by atoms with Crippen LogP contribution in [0.15, 0.2) is 49.1 Å². The lowest BCUT2D eigenvalue weighted by molar-refractivity contribution is -0.111. The van der Waals surface area contributed by atoms with Crippen LogP contribution >= 0.6 is 0 Å². The normalized spacial score (nSPS) is 15.8. The minimum absolute atomic E-state index is 0.0183. The number of nitrogens with one attached hydrogen (secondary N) is 1. The Hall–Kier alpha value is -2.69. The van der Waals surface area contributed by atoms with Gasteiger partial charge in [0.15, 0.2) is 11.6 Å². The summed E-state index contributed by atoms with van der Waals surface area (Å²) in [6.07, 6.45) is 2.36. The lowest BCUT2D eigenvalue weighted by atomic mass is 10.1. The van der Waals surface area contributed by atoms with Gasteiger partial charge in [0, 0.05) is 11.8 Å². The van der Waals surface area contributed by atoms with E-state index in [4.69, 9.17) is 4.74 Å². The van der Waals surface area contributed by atoms with Crippen LogP contribution in [0.3, 0.4) is 0 Å². The predicted octanol–water partition coefficient (Wildman–Crippen LogP) is 4.16. The van der Waals surface area contributed by atoms with Crippen LogP contribution in [-0.2, 0) is 11.2 Å². The molecule has 2 aromatic carbocycles. The molecule has 0 saturated carbocycles. The molecule has 0 saturated heterocycles. The molecule has 1 amide bonds. The van der Waals surface area contributed by atoms with Gasteiger partial charge in [-0.05, 0) is 54.3 Å². The molecule has 0 bridgehead atoms. The molecule has 1 atom stereocenters. The summed E-state index contributed by atoms with van der Waals surface area (Å²) in [4.78, 5) is 11.4. The van der Waals surface area contributed by atoms with Crippen molar-refractivity contribution in [3.63, 3.8) is 0 Å². The maximum Gasteiger partial charge on any atom is 0.247 e. The van der Waals surface area contributed by atoms with E-state index in [0.29, 0.717) is 12.1 Å². The highest BCUT2D eigenvalue weighted by Crippen LogP contribution is 2.37. The van der Waals surface area contributed by atoms with Gasteiger partial charge in [0.05, 0.1) is 0 Å². The van der Waals surface area contributed by atoms with E-state index in [0.717, 1.165) is 29.7 Å². The average molecular weight is 315 g/mol. The quantitative estimate of drug-likeness (QED) is 0.861. The SMILES string of the molecule is C=CC(=O)Nc1ccc2c(c1)C(Oc1ccc(F)cc1F)CC2. The highest BCUT2D eigenvalue weighted by molar-refractivity contribution is 5.98. The number of ether oxygens (including phenoxy) is 1. The van der Waals surface area contributed by atoms with Crippen LogP contribution in [0.25, 0.3) is 0 Å². The largest absolute Gasteiger partial charge is 0.483 e. The van der Waals surface area contributed by atoms with E-state index in [9.17, 15) is 13.6 Å². The van der Waals surface area contributed by atoms with E-state index in [1.165, 1.54) is 12.1 Å². The maximum atomic E-state index is 13.7. The van der Waals surface area contributed by atoms with Gasteiger partial charge in [0.1, 0.15) is 11.9 Å². The van der Waals surface area contributed by atoms with Gasteiger partial charge in [-0.2, -0.15) is 0 Å². The van der Waals surface area contributed by atoms with Crippen LogP contribution in [0.5, 0.6) is 5.75 Å². The summed E-state index contributed by atoms with van der Waals surface area (Å²) in [6, 6.07) is 8.78. The van der Waals surface area contributed by atoms with E-state index in [1.54, 1.807) is 6.07 Å². The Morgan fingerprint density at radius 1 is 1.26 bits per heavy atom. The molecule has 2 aromatic rings. The van der Waals surface area contributed by atoms with Gasteiger partial charge in [-0.25, -0.2) is 8.78 Å². The second-order valence-electron chi connectivity index (χ2n) is 5.33. The number of hydrogen-bond donors (Lipinski definition) is 1. The predicted molar refractivity (Wildman–Crippen MR) is 83.3 cm³/mol. The first-order valence-corrected chi connectivity index (χ1v) is 7.25. The van der Waals surface area contributed by atoms with Gasteiger partial charge < -0.3 is 10.1 Å². The Morgan fingerprint density at radius 3 is 2.83 bits per heavy atom. The molecule has 0 aliphatic heterocycles. The molecule has 0 spiro atoms. The minimum Gasteiger partial charge on any atom is -0.483 e. The highest BCUT2D eigenvalue weighted by atomic mass is 19.1. The number of hydrogen-bond acceptors (Lipinski definition) is 2. The van der Waals surface area contributed by atoms with Crippen molar-refractivity contribution in [1.29, 1.82) is 0 Å². The number of carbonyl (C=O) groups is 1. The summed E-state index contributed by atoms with van der Waals surface area (Å²) in [5.74, 6) is -1.65. The Labute approximate surface area is 132 Å². The summed E-state index contributed by atoms with van der Waals surface area (Å²) in [7, 11) is 0. The van der Waals surface area contributed by atoms with E-state index < -0.39 is 11.6 Å². The first-order valence-electron chi connectivity index (χ1n) is 7.25. The fourth-order valence-electron chi connectivity index (χ4n) is 2.68. The highest BCUT2D eigenvalue weighted by Gasteiger charge is 2.25. The number of halogens is 2. The Bertz CT molecular complexity index is 774. The number of fused-ring (bicyclic) bond motifs is 1. The topological polar surface area (TPSA) is 38.3 Å². The first-order chi connectivity index (χ1) is 11.1. The lowest BCUT2D eigenvalue weighted by Crippen LogP contribution is -2.09. The van der Waals surface area contributed by atoms with Gasteiger partial charge in [0.2, 0.25) is 5.91 Å². The second-order valence-corrected chi connectivity index (χ2v) is 5.33. The summed E-state index contributed by atoms with van der Waals surface area (Å²) in [5, 5.41) is 2.69. The zero-order chi connectivity index (χ0) is 16.4. The third-order valence-corrected chi connectivity index (χ3v) is 3.78. The number of amides is 1. The molecule has 1 unspecified atom stereocenters. The minimum atomic E-state index is -0.727. The molecule has 0 heterocycles. The van der Waals surface area contributed by atoms with Crippen LogP contribution in [0.1, 0.15) is 23.7 Å². The van der Waals surface area contributed by atoms with Gasteiger partial charge in [-0.3, -0.25) is 4.79 Å². The van der Waals surface area contributed by atoms with Crippen molar-refractivity contribution >= 4 is 11.6 Å². The summed E-state index contributed by atoms with van der Waals surface area (Å²) in [6.45, 7) is 3.41. The van der Waals surface area contributed by atoms with Crippen LogP contribution in [-0.4, -0.2) is 5.91 Å². The number of rotatable bonds is 4. The fourth-order valence-corrected chi connectivity index (χ4v) is 2.68. The Morgan fingerprint density at radius 2 is 2.09 bits per heavy atom. The van der Waals surface area contributed by atoms with Crippen molar-refractivity contribution in [2.75, 3.05) is 5.32 Å². The molecule has 23 heavy (non-hydrogen) atoms. The first kappa shape index (κ1) is 15.2. The molecular formula is C18H15F2NO2. The summed E-state index contributed by atoms with van der Waals surface area (Å²) >= 11 is 0. The van der Waals surface area contributed by atoms with E-state index >= 15 is 0 Å². The third-order valence-electron chi connectivity index (χ3n) is 3.78. The van der Waals surface area contributed by atoms with Gasteiger partial charge in [0.25, 0.3) is 0 Å². The molecular weight excluding hydrogens is 300 g/mol. The number of carbonyl (C=O) groups excluding carboxylic acids is 1. The van der Waals surface area contributed by atoms with Crippen molar-refractivity contribution in [3.05, 3.63) is 71.8 Å². The van der Waals surface area contributed by atoms with Gasteiger partial charge in [-0.15, -0.1) is 0 Å². The van der Waals surface area contributed by atoms with Crippen molar-refractivity contribution in [2.45, 2.75) is 18.9 Å². The Kier molecular flexibility index (Phi) is 4.10. The van der Waals surface area contributed by atoms with Crippen LogP contribution in [0.4, 0.5) is 14.5 Å². The lowest BCUT2D eigenvalue weighted by Gasteiger charge is -2.16. The molecule has 0 fully saturated rings. The average Bonchev–Trinajstić information content (AvgIpc) is 2.92. The number of benzene rings is 2. The molecule has 118 valence electrons. The molecule has 1 aliphatic carbocycles. The maximum absolute atomic E-state index is 13.7. The molecule has 0 aromatic heterocycles. The molecule has 1 N–H and O–H groups in total. The Balaban J connectivity index is 1.83. The van der Waals surface area contributed by atoms with Crippen LogP contribution < -0.4 is 10.1 Å². The zero-order valence-electron chi connectivity index (χ0n) is 12.3. The summed E-state index contributed by atoms with van der Waals surface area (Å²) in [5.41, 5.74) is 2.62. The molecule has 0 radical (unpaired) electrons. The smallest absolute Gasteiger partial charge is 0.247 e. The second kappa shape index (κ2) is 6.20. The van der Waals surface area contributed by atoms with E-state index in [-0.39, 0.29) is 17.8 Å². The number of aryl methyl sites for hydroxylation is 1. The monoisotopic (exact) mass is 315 g/mol. The van der Waals surface area contributed by atoms with Gasteiger partial charge >= 0.3 is 0 Å². The number of anilines is 1. The summed E-state index contributed by atoms with van der Waals surface area (Å²) < 4.78 is 32.4. The van der Waals surface area contributed by atoms with Crippen molar-refractivity contribution in [3.8, 4) is 5.75 Å². The van der Waals surface area contributed by atoms with Crippen molar-refractivity contribution < 1.29 is 18.3 Å². The third kappa shape index (κ3) is 3.23. The zero-order valence-corrected chi connectivity index (χ0v) is 12.3. The van der Waals surface area contributed by atoms with E-state index in [2.05, 4.69) is 11.9 Å². The standard InChI is InChI=1S/C18H15F2NO2/c1-2-18(22)21-13-6-3-11-4-7-16(14(11)10-13)23-17-8-5-12(19)9-15(17)20/h2-3,5-6,8-10,16H,1,4,7H2,(H,21,22). The van der Waals surface area contributed by atoms with Gasteiger partial charge in [-0.1, -0.05) is 12.6 Å². The molecule has 5 heteroatoms. The molecule has 1 aliphatic rings. The fraction of sp³-hybridized carbons (Fsp3) is 0.167.